The van der Waals surface area contributed by atoms with Crippen LogP contribution in [0, 0.1) is 6.20 Å². The van der Waals surface area contributed by atoms with Gasteiger partial charge in [0.05, 0.1) is 6.20 Å². The molecule has 1 heterocycles. The Morgan fingerprint density at radius 1 is 1.45 bits per heavy atom. The van der Waals surface area contributed by atoms with Crippen LogP contribution in [0.5, 0.6) is 0 Å². The predicted octanol–water partition coefficient (Wildman–Crippen LogP) is 2.01. The summed E-state index contributed by atoms with van der Waals surface area (Å²) in [4.78, 5) is 8.12. The molecule has 0 aliphatic rings. The molecule has 2 nitrogen and oxygen atoms in total. The number of rotatable bonds is 4. The van der Waals surface area contributed by atoms with Gasteiger partial charge in [0, 0.05) is 12.6 Å². The second-order valence-corrected chi connectivity index (χ2v) is 2.56. The summed E-state index contributed by atoms with van der Waals surface area (Å²) < 4.78 is 0. The van der Waals surface area contributed by atoms with Crippen LogP contribution in [0.4, 0.5) is 0 Å². The van der Waals surface area contributed by atoms with E-state index in [9.17, 15) is 0 Å². The Hall–Kier alpha value is -0.920. The highest BCUT2D eigenvalue weighted by Gasteiger charge is 1.92. The van der Waals surface area contributed by atoms with Gasteiger partial charge < -0.3 is 0 Å². The van der Waals surface area contributed by atoms with Crippen LogP contribution in [0.15, 0.2) is 12.3 Å². The van der Waals surface area contributed by atoms with Crippen LogP contribution >= 0.6 is 0 Å². The van der Waals surface area contributed by atoms with Crippen molar-refractivity contribution in [3.63, 3.8) is 0 Å². The van der Waals surface area contributed by atoms with Gasteiger partial charge >= 0.3 is 0 Å². The molecule has 1 aromatic rings. The fourth-order valence-electron chi connectivity index (χ4n) is 0.951. The maximum Gasteiger partial charge on any atom is 0.129 e. The van der Waals surface area contributed by atoms with Gasteiger partial charge in [0.2, 0.25) is 0 Å². The summed E-state index contributed by atoms with van der Waals surface area (Å²) in [5.74, 6) is 0.918. The van der Waals surface area contributed by atoms with E-state index in [-0.39, 0.29) is 0 Å². The van der Waals surface area contributed by atoms with Gasteiger partial charge in [0.25, 0.3) is 0 Å². The van der Waals surface area contributed by atoms with Crippen LogP contribution < -0.4 is 0 Å². The predicted molar refractivity (Wildman–Crippen MR) is 44.1 cm³/mol. The zero-order valence-electron chi connectivity index (χ0n) is 6.88. The van der Waals surface area contributed by atoms with Crippen LogP contribution in [0.3, 0.4) is 0 Å². The van der Waals surface area contributed by atoms with Gasteiger partial charge in [0.15, 0.2) is 0 Å². The van der Waals surface area contributed by atoms with Crippen molar-refractivity contribution in [1.82, 2.24) is 9.97 Å². The van der Waals surface area contributed by atoms with Gasteiger partial charge in [-0.3, -0.25) is 0 Å². The van der Waals surface area contributed by atoms with Gasteiger partial charge in [0.1, 0.15) is 5.82 Å². The van der Waals surface area contributed by atoms with Crippen molar-refractivity contribution in [3.05, 3.63) is 24.3 Å². The summed E-state index contributed by atoms with van der Waals surface area (Å²) in [7, 11) is 0. The van der Waals surface area contributed by atoms with E-state index in [4.69, 9.17) is 0 Å². The van der Waals surface area contributed by atoms with Crippen LogP contribution in [-0.2, 0) is 6.42 Å². The van der Waals surface area contributed by atoms with Crippen LogP contribution in [0.2, 0.25) is 0 Å². The summed E-state index contributed by atoms with van der Waals surface area (Å²) in [6, 6.07) is 1.73. The van der Waals surface area contributed by atoms with Crippen molar-refractivity contribution < 1.29 is 0 Å². The molecule has 1 radical (unpaired) electrons. The van der Waals surface area contributed by atoms with E-state index >= 15 is 0 Å². The van der Waals surface area contributed by atoms with Crippen LogP contribution in [-0.4, -0.2) is 9.97 Å². The number of aromatic nitrogens is 2. The lowest BCUT2D eigenvalue weighted by Crippen LogP contribution is -1.92. The minimum Gasteiger partial charge on any atom is -0.241 e. The molecule has 0 fully saturated rings. The quantitative estimate of drug-likeness (QED) is 0.612. The number of aryl methyl sites for hydroxylation is 1. The highest BCUT2D eigenvalue weighted by atomic mass is 14.8. The summed E-state index contributed by atoms with van der Waals surface area (Å²) >= 11 is 0. The monoisotopic (exact) mass is 149 g/mol. The number of unbranched alkanes of at least 4 members (excludes halogenated alkanes) is 2. The smallest absolute Gasteiger partial charge is 0.129 e. The van der Waals surface area contributed by atoms with E-state index in [1.807, 2.05) is 0 Å². The van der Waals surface area contributed by atoms with Crippen molar-refractivity contribution in [2.45, 2.75) is 32.6 Å². The van der Waals surface area contributed by atoms with Crippen molar-refractivity contribution >= 4 is 0 Å². The molecule has 59 valence electrons. The Kier molecular flexibility index (Phi) is 3.59. The van der Waals surface area contributed by atoms with E-state index in [1.165, 1.54) is 19.3 Å². The van der Waals surface area contributed by atoms with E-state index < -0.39 is 0 Å². The summed E-state index contributed by atoms with van der Waals surface area (Å²) in [6.45, 7) is 2.19. The molecule has 0 atom stereocenters. The average molecular weight is 149 g/mol. The molecule has 0 spiro atoms. The zero-order chi connectivity index (χ0) is 7.94. The Labute approximate surface area is 67.7 Å². The van der Waals surface area contributed by atoms with Crippen LogP contribution in [0.1, 0.15) is 32.0 Å². The highest BCUT2D eigenvalue weighted by molar-refractivity contribution is 4.86. The first-order valence-corrected chi connectivity index (χ1v) is 4.11. The summed E-state index contributed by atoms with van der Waals surface area (Å²) in [5, 5.41) is 0. The van der Waals surface area contributed by atoms with Crippen molar-refractivity contribution in [2.75, 3.05) is 0 Å². The topological polar surface area (TPSA) is 25.8 Å². The normalized spacial score (nSPS) is 9.91. The lowest BCUT2D eigenvalue weighted by atomic mass is 10.2. The standard InChI is InChI=1S/C9H13N2/c1-2-3-4-6-9-10-7-5-8-11-9/h5,7H,2-4,6H2,1H3. The van der Waals surface area contributed by atoms with Gasteiger partial charge in [-0.1, -0.05) is 19.8 Å². The lowest BCUT2D eigenvalue weighted by Gasteiger charge is -1.95. The molecule has 0 bridgehead atoms. The molecule has 0 saturated heterocycles. The maximum absolute atomic E-state index is 4.11. The number of hydrogen-bond donors (Lipinski definition) is 0. The summed E-state index contributed by atoms with van der Waals surface area (Å²) in [5.41, 5.74) is 0. The highest BCUT2D eigenvalue weighted by Crippen LogP contribution is 1.99. The fourth-order valence-corrected chi connectivity index (χ4v) is 0.951. The second kappa shape index (κ2) is 4.83. The molecule has 1 rings (SSSR count). The van der Waals surface area contributed by atoms with Crippen molar-refractivity contribution in [2.24, 2.45) is 0 Å². The average Bonchev–Trinajstić information content (AvgIpc) is 2.07. The summed E-state index contributed by atoms with van der Waals surface area (Å²) in [6.07, 6.45) is 9.21. The van der Waals surface area contributed by atoms with E-state index in [0.29, 0.717) is 0 Å². The molecule has 11 heavy (non-hydrogen) atoms. The van der Waals surface area contributed by atoms with E-state index in [2.05, 4.69) is 23.1 Å². The number of nitrogens with zero attached hydrogens (tertiary/aromatic N) is 2. The fraction of sp³-hybridized carbons (Fsp3) is 0.556. The van der Waals surface area contributed by atoms with Crippen LogP contribution in [0.25, 0.3) is 0 Å². The molecule has 1 aromatic heterocycles. The SMILES string of the molecule is CCCCCc1n[c]ccn1. The first kappa shape index (κ1) is 8.18. The van der Waals surface area contributed by atoms with Gasteiger partial charge in [-0.2, -0.15) is 0 Å². The molecule has 0 aliphatic carbocycles. The molecule has 0 saturated carbocycles. The zero-order valence-corrected chi connectivity index (χ0v) is 6.88. The Bertz CT molecular complexity index is 184. The molecular weight excluding hydrogens is 136 g/mol. The molecule has 0 aliphatic heterocycles. The molecule has 0 N–H and O–H groups in total. The second-order valence-electron chi connectivity index (χ2n) is 2.56. The Balaban J connectivity index is 2.28. The number of hydrogen-bond acceptors (Lipinski definition) is 2. The van der Waals surface area contributed by atoms with Crippen molar-refractivity contribution in [3.8, 4) is 0 Å². The third-order valence-corrected chi connectivity index (χ3v) is 1.57. The van der Waals surface area contributed by atoms with E-state index in [1.54, 1.807) is 12.3 Å². The third-order valence-electron chi connectivity index (χ3n) is 1.57. The lowest BCUT2D eigenvalue weighted by molar-refractivity contribution is 0.693. The van der Waals surface area contributed by atoms with Gasteiger partial charge in [-0.15, -0.1) is 0 Å². The Morgan fingerprint density at radius 3 is 3.00 bits per heavy atom. The maximum atomic E-state index is 4.11. The van der Waals surface area contributed by atoms with Gasteiger partial charge in [-0.05, 0) is 12.5 Å². The molecule has 2 heteroatoms. The molecule has 0 unspecified atom stereocenters. The Morgan fingerprint density at radius 2 is 2.36 bits per heavy atom. The first-order valence-electron chi connectivity index (χ1n) is 4.11. The minimum absolute atomic E-state index is 0.918. The van der Waals surface area contributed by atoms with Crippen molar-refractivity contribution in [1.29, 1.82) is 0 Å². The first-order chi connectivity index (χ1) is 5.43. The van der Waals surface area contributed by atoms with Gasteiger partial charge in [-0.25, -0.2) is 9.97 Å². The molecule has 0 aromatic carbocycles. The third kappa shape index (κ3) is 3.12. The van der Waals surface area contributed by atoms with E-state index in [0.717, 1.165) is 12.2 Å². The molecule has 0 amide bonds. The minimum atomic E-state index is 0.918. The molecular formula is C9H13N2. The largest absolute Gasteiger partial charge is 0.241 e.